The van der Waals surface area contributed by atoms with Crippen LogP contribution in [0.2, 0.25) is 0 Å². The predicted octanol–water partition coefficient (Wildman–Crippen LogP) is 4.26. The Labute approximate surface area is 151 Å². The number of nitrogens with zero attached hydrogens (tertiary/aromatic N) is 4. The highest BCUT2D eigenvalue weighted by Gasteiger charge is 2.18. The first-order valence-corrected chi connectivity index (χ1v) is 8.87. The van der Waals surface area contributed by atoms with Crippen LogP contribution in [0.4, 0.5) is 4.39 Å². The number of hydrogen-bond donors (Lipinski definition) is 0. The molecule has 6 heteroatoms. The number of halogens is 1. The van der Waals surface area contributed by atoms with E-state index in [1.54, 1.807) is 6.07 Å². The fourth-order valence-electron chi connectivity index (χ4n) is 3.24. The lowest BCUT2D eigenvalue weighted by atomic mass is 10.2. The zero-order valence-electron chi connectivity index (χ0n) is 13.8. The van der Waals surface area contributed by atoms with Crippen molar-refractivity contribution in [3.8, 4) is 17.1 Å². The van der Waals surface area contributed by atoms with Crippen molar-refractivity contribution in [3.05, 3.63) is 65.2 Å². The van der Waals surface area contributed by atoms with Gasteiger partial charge in [0, 0.05) is 11.3 Å². The van der Waals surface area contributed by atoms with E-state index >= 15 is 0 Å². The molecule has 0 atom stereocenters. The highest BCUT2D eigenvalue weighted by molar-refractivity contribution is 7.71. The number of benzene rings is 2. The molecule has 128 valence electrons. The summed E-state index contributed by atoms with van der Waals surface area (Å²) in [5.41, 5.74) is 1.65. The summed E-state index contributed by atoms with van der Waals surface area (Å²) in [7, 11) is 0. The SMILES string of the molecule is Fc1cccc(-c2nn(CN3CCCC3)c(=S)n2-c2ccccc2)c1. The third-order valence-electron chi connectivity index (χ3n) is 4.47. The van der Waals surface area contributed by atoms with Crippen molar-refractivity contribution in [2.75, 3.05) is 13.1 Å². The normalized spacial score (nSPS) is 14.9. The fraction of sp³-hybridized carbons (Fsp3) is 0.263. The van der Waals surface area contributed by atoms with Crippen LogP contribution in [0, 0.1) is 10.6 Å². The second-order valence-corrected chi connectivity index (χ2v) is 6.62. The summed E-state index contributed by atoms with van der Waals surface area (Å²) in [5, 5.41) is 4.73. The highest BCUT2D eigenvalue weighted by atomic mass is 32.1. The van der Waals surface area contributed by atoms with E-state index in [-0.39, 0.29) is 5.82 Å². The highest BCUT2D eigenvalue weighted by Crippen LogP contribution is 2.24. The van der Waals surface area contributed by atoms with Crippen LogP contribution >= 0.6 is 12.2 Å². The van der Waals surface area contributed by atoms with Crippen LogP contribution in [0.15, 0.2) is 54.6 Å². The summed E-state index contributed by atoms with van der Waals surface area (Å²) in [5.74, 6) is 0.381. The first-order chi connectivity index (χ1) is 12.2. The summed E-state index contributed by atoms with van der Waals surface area (Å²) in [6, 6.07) is 16.4. The molecule has 2 aromatic carbocycles. The van der Waals surface area contributed by atoms with Gasteiger partial charge in [0.15, 0.2) is 5.82 Å². The van der Waals surface area contributed by atoms with E-state index in [2.05, 4.69) is 4.90 Å². The van der Waals surface area contributed by atoms with Gasteiger partial charge in [0.05, 0.1) is 6.67 Å². The lowest BCUT2D eigenvalue weighted by Crippen LogP contribution is -2.23. The second kappa shape index (κ2) is 6.90. The van der Waals surface area contributed by atoms with Crippen LogP contribution in [0.1, 0.15) is 12.8 Å². The lowest BCUT2D eigenvalue weighted by Gasteiger charge is -2.13. The summed E-state index contributed by atoms with van der Waals surface area (Å²) in [6.07, 6.45) is 2.42. The first kappa shape index (κ1) is 16.2. The van der Waals surface area contributed by atoms with Gasteiger partial charge in [-0.15, -0.1) is 5.10 Å². The number of likely N-dealkylation sites (tertiary alicyclic amines) is 1. The monoisotopic (exact) mass is 354 g/mol. The minimum atomic E-state index is -0.280. The molecule has 0 radical (unpaired) electrons. The van der Waals surface area contributed by atoms with E-state index in [1.165, 1.54) is 25.0 Å². The van der Waals surface area contributed by atoms with Crippen LogP contribution in [0.25, 0.3) is 17.1 Å². The van der Waals surface area contributed by atoms with Crippen molar-refractivity contribution in [1.29, 1.82) is 0 Å². The van der Waals surface area contributed by atoms with Gasteiger partial charge in [-0.2, -0.15) is 0 Å². The maximum absolute atomic E-state index is 13.7. The Hall–Kier alpha value is -2.31. The van der Waals surface area contributed by atoms with Gasteiger partial charge in [0.1, 0.15) is 5.82 Å². The third kappa shape index (κ3) is 3.27. The number of hydrogen-bond acceptors (Lipinski definition) is 3. The minimum Gasteiger partial charge on any atom is -0.284 e. The number of aromatic nitrogens is 3. The Kier molecular flexibility index (Phi) is 4.46. The summed E-state index contributed by atoms with van der Waals surface area (Å²) in [4.78, 5) is 2.34. The average Bonchev–Trinajstić information content (AvgIpc) is 3.25. The lowest BCUT2D eigenvalue weighted by molar-refractivity contribution is 0.253. The zero-order valence-corrected chi connectivity index (χ0v) is 14.6. The van der Waals surface area contributed by atoms with E-state index in [0.29, 0.717) is 17.3 Å². The number of para-hydroxylation sites is 1. The van der Waals surface area contributed by atoms with E-state index in [9.17, 15) is 4.39 Å². The molecule has 4 rings (SSSR count). The predicted molar refractivity (Wildman–Crippen MR) is 98.6 cm³/mol. The maximum Gasteiger partial charge on any atom is 0.204 e. The van der Waals surface area contributed by atoms with Gasteiger partial charge in [-0.05, 0) is 62.4 Å². The average molecular weight is 354 g/mol. The number of rotatable bonds is 4. The van der Waals surface area contributed by atoms with Gasteiger partial charge >= 0.3 is 0 Å². The Balaban J connectivity index is 1.84. The largest absolute Gasteiger partial charge is 0.284 e. The molecule has 4 nitrogen and oxygen atoms in total. The van der Waals surface area contributed by atoms with Crippen molar-refractivity contribution in [3.63, 3.8) is 0 Å². The van der Waals surface area contributed by atoms with Gasteiger partial charge in [-0.25, -0.2) is 9.07 Å². The molecule has 0 unspecified atom stereocenters. The minimum absolute atomic E-state index is 0.280. The van der Waals surface area contributed by atoms with Crippen molar-refractivity contribution in [1.82, 2.24) is 19.2 Å². The van der Waals surface area contributed by atoms with Crippen molar-refractivity contribution < 1.29 is 4.39 Å². The van der Waals surface area contributed by atoms with E-state index < -0.39 is 0 Å². The van der Waals surface area contributed by atoms with Crippen LogP contribution in [0.3, 0.4) is 0 Å². The molecule has 0 aliphatic carbocycles. The molecule has 0 bridgehead atoms. The standard InChI is InChI=1S/C19H19FN4S/c20-16-8-6-7-15(13-16)18-21-23(14-22-11-4-5-12-22)19(25)24(18)17-9-2-1-3-10-17/h1-3,6-10,13H,4-5,11-12,14H2. The Morgan fingerprint density at radius 3 is 2.48 bits per heavy atom. The third-order valence-corrected chi connectivity index (χ3v) is 4.86. The molecule has 2 heterocycles. The molecule has 0 N–H and O–H groups in total. The molecule has 1 aromatic heterocycles. The second-order valence-electron chi connectivity index (χ2n) is 6.25. The van der Waals surface area contributed by atoms with Crippen molar-refractivity contribution >= 4 is 12.2 Å². The molecule has 1 saturated heterocycles. The molecule has 1 fully saturated rings. The fourth-order valence-corrected chi connectivity index (χ4v) is 3.53. The molecule has 3 aromatic rings. The topological polar surface area (TPSA) is 26.0 Å². The molecule has 1 aliphatic heterocycles. The molecule has 0 saturated carbocycles. The summed E-state index contributed by atoms with van der Waals surface area (Å²) < 4.78 is 18.1. The summed E-state index contributed by atoms with van der Waals surface area (Å²) in [6.45, 7) is 2.80. The summed E-state index contributed by atoms with van der Waals surface area (Å²) >= 11 is 5.71. The van der Waals surface area contributed by atoms with Crippen molar-refractivity contribution in [2.24, 2.45) is 0 Å². The van der Waals surface area contributed by atoms with E-state index in [0.717, 1.165) is 24.3 Å². The van der Waals surface area contributed by atoms with Gasteiger partial charge in [0.25, 0.3) is 0 Å². The van der Waals surface area contributed by atoms with Crippen LogP contribution < -0.4 is 0 Å². The van der Waals surface area contributed by atoms with Crippen LogP contribution in [-0.4, -0.2) is 32.3 Å². The van der Waals surface area contributed by atoms with Gasteiger partial charge in [-0.3, -0.25) is 9.47 Å². The van der Waals surface area contributed by atoms with Crippen molar-refractivity contribution in [2.45, 2.75) is 19.5 Å². The Morgan fingerprint density at radius 2 is 1.76 bits per heavy atom. The van der Waals surface area contributed by atoms with Crippen LogP contribution in [-0.2, 0) is 6.67 Å². The maximum atomic E-state index is 13.7. The molecule has 1 aliphatic rings. The Morgan fingerprint density at radius 1 is 1.00 bits per heavy atom. The Bertz CT molecular complexity index is 926. The van der Waals surface area contributed by atoms with E-state index in [1.807, 2.05) is 45.6 Å². The molecule has 0 spiro atoms. The molecular formula is C19H19FN4S. The molecular weight excluding hydrogens is 335 g/mol. The van der Waals surface area contributed by atoms with Gasteiger partial charge in [-0.1, -0.05) is 30.3 Å². The molecule has 0 amide bonds. The quantitative estimate of drug-likeness (QED) is 0.655. The van der Waals surface area contributed by atoms with Crippen LogP contribution in [0.5, 0.6) is 0 Å². The zero-order chi connectivity index (χ0) is 17.2. The smallest absolute Gasteiger partial charge is 0.204 e. The first-order valence-electron chi connectivity index (χ1n) is 8.46. The van der Waals surface area contributed by atoms with Gasteiger partial charge < -0.3 is 0 Å². The van der Waals surface area contributed by atoms with E-state index in [4.69, 9.17) is 17.3 Å². The molecule has 25 heavy (non-hydrogen) atoms. The van der Waals surface area contributed by atoms with Gasteiger partial charge in [0.2, 0.25) is 4.77 Å².